The molecule has 2 saturated heterocycles. The van der Waals surface area contributed by atoms with Crippen LogP contribution in [0.5, 0.6) is 0 Å². The molecule has 0 N–H and O–H groups in total. The van der Waals surface area contributed by atoms with E-state index in [4.69, 9.17) is 0 Å². The Bertz CT molecular complexity index is 1120. The van der Waals surface area contributed by atoms with Crippen molar-refractivity contribution in [1.29, 1.82) is 0 Å². The lowest BCUT2D eigenvalue weighted by Gasteiger charge is -2.47. The van der Waals surface area contributed by atoms with Crippen molar-refractivity contribution >= 4 is 20.2 Å². The smallest absolute Gasteiger partial charge is 0.371 e. The summed E-state index contributed by atoms with van der Waals surface area (Å²) in [6, 6.07) is 6.36. The Hall–Kier alpha value is -1.98. The summed E-state index contributed by atoms with van der Waals surface area (Å²) in [5, 5.41) is 1.11. The number of benzene rings is 1. The number of hydrogen-bond donors (Lipinski definition) is 0. The van der Waals surface area contributed by atoms with E-state index < -0.39 is 11.6 Å². The van der Waals surface area contributed by atoms with Crippen LogP contribution in [0.25, 0.3) is 17.0 Å². The lowest BCUT2D eigenvalue weighted by atomic mass is 9.67. The minimum Gasteiger partial charge on any atom is -0.371 e. The molecule has 3 aliphatic rings. The lowest BCUT2D eigenvalue weighted by molar-refractivity contribution is -0.256. The molecule has 2 unspecified atom stereocenters. The first kappa shape index (κ1) is 27.6. The van der Waals surface area contributed by atoms with Crippen molar-refractivity contribution in [1.82, 2.24) is 19.8 Å². The van der Waals surface area contributed by atoms with Crippen LogP contribution in [0, 0.1) is 17.3 Å². The summed E-state index contributed by atoms with van der Waals surface area (Å²) >= 11 is 0. The van der Waals surface area contributed by atoms with Gasteiger partial charge >= 0.3 is 6.18 Å². The van der Waals surface area contributed by atoms with Gasteiger partial charge in [-0.1, -0.05) is 32.1 Å². The maximum atomic E-state index is 13.5. The number of hydrogen-bond acceptors (Lipinski definition) is 4. The molecule has 0 bridgehead atoms. The summed E-state index contributed by atoms with van der Waals surface area (Å²) in [7, 11) is 2.84. The maximum Gasteiger partial charge on any atom is 0.395 e. The predicted molar refractivity (Wildman–Crippen MR) is 151 cm³/mol. The van der Waals surface area contributed by atoms with Gasteiger partial charge in [0, 0.05) is 42.7 Å². The summed E-state index contributed by atoms with van der Waals surface area (Å²) in [4.78, 5) is 13.8. The SMILES string of the molecule is C=C(c1ccc(-c2cnc(CCC3CCN(CC4(C(F)(F)F)CCC4)CC3)cn2)cc1P)N1CCC(C)C1. The van der Waals surface area contributed by atoms with Crippen molar-refractivity contribution in [2.45, 2.75) is 64.5 Å². The van der Waals surface area contributed by atoms with Gasteiger partial charge < -0.3 is 9.80 Å². The van der Waals surface area contributed by atoms with E-state index in [2.05, 4.69) is 55.8 Å². The first-order chi connectivity index (χ1) is 18.1. The first-order valence-corrected chi connectivity index (χ1v) is 14.7. The third kappa shape index (κ3) is 5.94. The third-order valence-corrected chi connectivity index (χ3v) is 9.60. The number of alkyl halides is 3. The zero-order chi connectivity index (χ0) is 26.9. The molecule has 1 aliphatic carbocycles. The molecule has 2 atom stereocenters. The number of aryl methyl sites for hydroxylation is 1. The average Bonchev–Trinajstić information content (AvgIpc) is 3.31. The first-order valence-electron chi connectivity index (χ1n) is 14.1. The van der Waals surface area contributed by atoms with E-state index in [0.717, 1.165) is 85.4 Å². The van der Waals surface area contributed by atoms with Crippen molar-refractivity contribution in [2.24, 2.45) is 17.3 Å². The number of nitrogens with zero attached hydrogens (tertiary/aromatic N) is 4. The quantitative estimate of drug-likeness (QED) is 0.364. The second-order valence-corrected chi connectivity index (χ2v) is 12.5. The van der Waals surface area contributed by atoms with E-state index in [0.29, 0.717) is 31.1 Å². The van der Waals surface area contributed by atoms with Gasteiger partial charge in [0.05, 0.1) is 23.0 Å². The van der Waals surface area contributed by atoms with Crippen molar-refractivity contribution < 1.29 is 13.2 Å². The van der Waals surface area contributed by atoms with Crippen LogP contribution < -0.4 is 5.30 Å². The molecule has 38 heavy (non-hydrogen) atoms. The fraction of sp³-hybridized carbons (Fsp3) is 0.600. The normalized spacial score (nSPS) is 22.4. The highest BCUT2D eigenvalue weighted by Crippen LogP contribution is 2.53. The van der Waals surface area contributed by atoms with Crippen molar-refractivity contribution in [3.63, 3.8) is 0 Å². The molecule has 8 heteroatoms. The zero-order valence-corrected chi connectivity index (χ0v) is 23.6. The van der Waals surface area contributed by atoms with E-state index in [9.17, 15) is 13.2 Å². The number of aromatic nitrogens is 2. The van der Waals surface area contributed by atoms with Crippen LogP contribution in [0.1, 0.15) is 63.1 Å². The van der Waals surface area contributed by atoms with Crippen LogP contribution in [0.15, 0.2) is 37.2 Å². The summed E-state index contributed by atoms with van der Waals surface area (Å²) in [5.41, 5.74) is 3.66. The molecule has 3 fully saturated rings. The van der Waals surface area contributed by atoms with Gasteiger partial charge in [-0.3, -0.25) is 9.97 Å². The summed E-state index contributed by atoms with van der Waals surface area (Å²) in [5.74, 6) is 1.25. The highest BCUT2D eigenvalue weighted by Gasteiger charge is 2.58. The molecule has 0 amide bonds. The van der Waals surface area contributed by atoms with Crippen molar-refractivity contribution in [3.8, 4) is 11.3 Å². The van der Waals surface area contributed by atoms with Gasteiger partial charge in [0.1, 0.15) is 0 Å². The Morgan fingerprint density at radius 1 is 1.11 bits per heavy atom. The predicted octanol–water partition coefficient (Wildman–Crippen LogP) is 6.33. The van der Waals surface area contributed by atoms with Gasteiger partial charge in [0.25, 0.3) is 0 Å². The Kier molecular flexibility index (Phi) is 8.17. The van der Waals surface area contributed by atoms with E-state index in [1.807, 2.05) is 17.3 Å². The molecule has 0 spiro atoms. The van der Waals surface area contributed by atoms with Gasteiger partial charge in [-0.25, -0.2) is 0 Å². The highest BCUT2D eigenvalue weighted by molar-refractivity contribution is 7.27. The summed E-state index contributed by atoms with van der Waals surface area (Å²) < 4.78 is 40.6. The number of halogens is 3. The van der Waals surface area contributed by atoms with Crippen LogP contribution in [-0.2, 0) is 6.42 Å². The molecular weight excluding hydrogens is 504 g/mol. The molecule has 3 heterocycles. The monoisotopic (exact) mass is 544 g/mol. The number of piperidine rings is 1. The Morgan fingerprint density at radius 2 is 1.87 bits per heavy atom. The number of rotatable bonds is 8. The van der Waals surface area contributed by atoms with Crippen LogP contribution >= 0.6 is 9.24 Å². The van der Waals surface area contributed by atoms with Crippen LogP contribution in [0.4, 0.5) is 13.2 Å². The molecule has 1 aromatic heterocycles. The summed E-state index contributed by atoms with van der Waals surface area (Å²) in [6.07, 6.45) is 5.93. The Labute approximate surface area is 227 Å². The summed E-state index contributed by atoms with van der Waals surface area (Å²) in [6.45, 7) is 10.5. The average molecular weight is 545 g/mol. The van der Waals surface area contributed by atoms with Gasteiger partial charge in [0.15, 0.2) is 0 Å². The van der Waals surface area contributed by atoms with Gasteiger partial charge in [0.2, 0.25) is 0 Å². The fourth-order valence-electron chi connectivity index (χ4n) is 6.32. The van der Waals surface area contributed by atoms with Crippen LogP contribution in [0.2, 0.25) is 0 Å². The number of likely N-dealkylation sites (tertiary alicyclic amines) is 2. The lowest BCUT2D eigenvalue weighted by Crippen LogP contribution is -2.53. The molecule has 1 saturated carbocycles. The van der Waals surface area contributed by atoms with Crippen LogP contribution in [-0.4, -0.2) is 58.7 Å². The van der Waals surface area contributed by atoms with E-state index in [1.54, 1.807) is 0 Å². The second kappa shape index (κ2) is 11.3. The highest BCUT2D eigenvalue weighted by atomic mass is 31.0. The fourth-order valence-corrected chi connectivity index (χ4v) is 6.76. The standard InChI is InChI=1S/C30H40F3N4P/c1-21-8-15-37(19-21)22(2)26-7-5-24(16-28(26)38)27-18-34-25(17-35-27)6-4-23-9-13-36(14-10-23)20-29(11-3-12-29)30(31,32)33/h5,7,16-18,21,23H,2-4,6,8-15,19-20,38H2,1H3. The zero-order valence-electron chi connectivity index (χ0n) is 22.4. The van der Waals surface area contributed by atoms with E-state index in [-0.39, 0.29) is 6.54 Å². The van der Waals surface area contributed by atoms with Crippen LogP contribution in [0.3, 0.4) is 0 Å². The molecule has 4 nitrogen and oxygen atoms in total. The van der Waals surface area contributed by atoms with E-state index >= 15 is 0 Å². The molecule has 2 aliphatic heterocycles. The molecule has 5 rings (SSSR count). The van der Waals surface area contributed by atoms with Gasteiger partial charge in [-0.05, 0) is 81.2 Å². The van der Waals surface area contributed by atoms with Gasteiger partial charge in [-0.15, -0.1) is 9.24 Å². The molecule has 0 radical (unpaired) electrons. The third-order valence-electron chi connectivity index (χ3n) is 9.12. The van der Waals surface area contributed by atoms with Crippen molar-refractivity contribution in [2.75, 3.05) is 32.7 Å². The Balaban J connectivity index is 1.11. The minimum absolute atomic E-state index is 0.181. The molecule has 1 aromatic carbocycles. The molecule has 2 aromatic rings. The second-order valence-electron chi connectivity index (χ2n) is 11.9. The van der Waals surface area contributed by atoms with E-state index in [1.165, 1.54) is 6.42 Å². The van der Waals surface area contributed by atoms with Gasteiger partial charge in [-0.2, -0.15) is 13.2 Å². The Morgan fingerprint density at radius 3 is 2.42 bits per heavy atom. The molecule has 206 valence electrons. The topological polar surface area (TPSA) is 32.3 Å². The molecular formula is C30H40F3N4P. The van der Waals surface area contributed by atoms with Crippen molar-refractivity contribution in [3.05, 3.63) is 48.4 Å². The maximum absolute atomic E-state index is 13.5. The minimum atomic E-state index is -4.08. The largest absolute Gasteiger partial charge is 0.395 e.